The molecule has 2 aromatic rings. The van der Waals surface area contributed by atoms with Crippen LogP contribution in [-0.2, 0) is 32.1 Å². The summed E-state index contributed by atoms with van der Waals surface area (Å²) in [4.78, 5) is 36.3. The summed E-state index contributed by atoms with van der Waals surface area (Å²) in [7, 11) is 1.18. The summed E-state index contributed by atoms with van der Waals surface area (Å²) in [5.74, 6) is -2.68. The average Bonchev–Trinajstić information content (AvgIpc) is 2.76. The van der Waals surface area contributed by atoms with Crippen molar-refractivity contribution < 1.29 is 29.3 Å². The number of ether oxygens (including phenoxy) is 1. The van der Waals surface area contributed by atoms with Crippen LogP contribution < -0.4 is 10.6 Å². The van der Waals surface area contributed by atoms with Crippen molar-refractivity contribution in [1.29, 1.82) is 0 Å². The molecule has 154 valence electrons. The third-order valence-electron chi connectivity index (χ3n) is 4.23. The van der Waals surface area contributed by atoms with Crippen LogP contribution >= 0.6 is 0 Å². The van der Waals surface area contributed by atoms with E-state index in [4.69, 9.17) is 0 Å². The lowest BCUT2D eigenvalue weighted by Crippen LogP contribution is -2.53. The lowest BCUT2D eigenvalue weighted by atomic mass is 10.0. The summed E-state index contributed by atoms with van der Waals surface area (Å²) >= 11 is 0. The first kappa shape index (κ1) is 22.1. The van der Waals surface area contributed by atoms with Crippen molar-refractivity contribution in [3.05, 3.63) is 71.8 Å². The number of carbonyl (C=O) groups is 3. The zero-order valence-electron chi connectivity index (χ0n) is 15.9. The standard InChI is InChI=1S/C21H24N2O6/c1-29-21(28)16(12-14-8-4-2-5-9-14)23-20(27)18(25)17(24)19(26)22-13-15-10-6-3-7-11-15/h2-11,16-18,24-25H,12-13H2,1H3,(H,22,26)(H,23,27)/t16?,17-,18-/m1/s1. The maximum atomic E-state index is 12.3. The predicted molar refractivity (Wildman–Crippen MR) is 104 cm³/mol. The highest BCUT2D eigenvalue weighted by molar-refractivity contribution is 5.92. The number of esters is 1. The minimum Gasteiger partial charge on any atom is -0.467 e. The zero-order valence-corrected chi connectivity index (χ0v) is 15.9. The molecule has 0 aromatic heterocycles. The molecule has 0 fully saturated rings. The van der Waals surface area contributed by atoms with E-state index >= 15 is 0 Å². The fraction of sp³-hybridized carbons (Fsp3) is 0.286. The Morgan fingerprint density at radius 3 is 1.93 bits per heavy atom. The van der Waals surface area contributed by atoms with E-state index in [1.165, 1.54) is 7.11 Å². The number of benzene rings is 2. The third kappa shape index (κ3) is 6.70. The normalized spacial score (nSPS) is 13.6. The van der Waals surface area contributed by atoms with Gasteiger partial charge in [-0.05, 0) is 11.1 Å². The molecule has 1 unspecified atom stereocenters. The first-order chi connectivity index (χ1) is 13.9. The smallest absolute Gasteiger partial charge is 0.328 e. The van der Waals surface area contributed by atoms with E-state index < -0.39 is 36.0 Å². The Morgan fingerprint density at radius 1 is 0.862 bits per heavy atom. The van der Waals surface area contributed by atoms with E-state index in [0.29, 0.717) is 0 Å². The van der Waals surface area contributed by atoms with Crippen LogP contribution in [0.2, 0.25) is 0 Å². The molecule has 29 heavy (non-hydrogen) atoms. The number of rotatable bonds is 9. The molecule has 3 atom stereocenters. The molecule has 0 saturated heterocycles. The molecule has 8 nitrogen and oxygen atoms in total. The van der Waals surface area contributed by atoms with Gasteiger partial charge in [-0.1, -0.05) is 60.7 Å². The Morgan fingerprint density at radius 2 is 1.38 bits per heavy atom. The van der Waals surface area contributed by atoms with E-state index in [-0.39, 0.29) is 13.0 Å². The summed E-state index contributed by atoms with van der Waals surface area (Å²) in [5.41, 5.74) is 1.56. The largest absolute Gasteiger partial charge is 0.467 e. The van der Waals surface area contributed by atoms with Crippen LogP contribution in [-0.4, -0.2) is 53.4 Å². The van der Waals surface area contributed by atoms with Gasteiger partial charge in [0.25, 0.3) is 11.8 Å². The topological polar surface area (TPSA) is 125 Å². The Hall–Kier alpha value is -3.23. The van der Waals surface area contributed by atoms with Gasteiger partial charge in [0.15, 0.2) is 12.2 Å². The molecule has 0 saturated carbocycles. The zero-order chi connectivity index (χ0) is 21.2. The number of carbonyl (C=O) groups excluding carboxylic acids is 3. The van der Waals surface area contributed by atoms with E-state index in [1.54, 1.807) is 48.5 Å². The van der Waals surface area contributed by atoms with Crippen molar-refractivity contribution in [3.63, 3.8) is 0 Å². The van der Waals surface area contributed by atoms with Gasteiger partial charge in [-0.15, -0.1) is 0 Å². The second-order valence-corrected chi connectivity index (χ2v) is 6.37. The van der Waals surface area contributed by atoms with Gasteiger partial charge in [-0.25, -0.2) is 4.79 Å². The molecule has 0 bridgehead atoms. The first-order valence-corrected chi connectivity index (χ1v) is 9.02. The quantitative estimate of drug-likeness (QED) is 0.437. The van der Waals surface area contributed by atoms with Crippen molar-refractivity contribution in [2.24, 2.45) is 0 Å². The van der Waals surface area contributed by atoms with Crippen LogP contribution in [0.25, 0.3) is 0 Å². The number of aliphatic hydroxyl groups is 2. The van der Waals surface area contributed by atoms with E-state index in [9.17, 15) is 24.6 Å². The molecule has 0 spiro atoms. The van der Waals surface area contributed by atoms with Crippen molar-refractivity contribution in [2.45, 2.75) is 31.2 Å². The van der Waals surface area contributed by atoms with Gasteiger partial charge in [0.05, 0.1) is 7.11 Å². The van der Waals surface area contributed by atoms with Gasteiger partial charge < -0.3 is 25.6 Å². The molecular weight excluding hydrogens is 376 g/mol. The minimum atomic E-state index is -2.05. The van der Waals surface area contributed by atoms with Crippen LogP contribution in [0.1, 0.15) is 11.1 Å². The highest BCUT2D eigenvalue weighted by Gasteiger charge is 2.33. The van der Waals surface area contributed by atoms with Gasteiger partial charge in [-0.3, -0.25) is 9.59 Å². The monoisotopic (exact) mass is 400 g/mol. The lowest BCUT2D eigenvalue weighted by Gasteiger charge is -2.21. The highest BCUT2D eigenvalue weighted by Crippen LogP contribution is 2.06. The molecule has 4 N–H and O–H groups in total. The summed E-state index contributed by atoms with van der Waals surface area (Å²) in [6, 6.07) is 16.8. The molecule has 0 aliphatic rings. The SMILES string of the molecule is COC(=O)C(Cc1ccccc1)NC(=O)[C@H](O)[C@@H](O)C(=O)NCc1ccccc1. The number of aliphatic hydroxyl groups excluding tert-OH is 2. The molecule has 0 aliphatic carbocycles. The molecule has 2 rings (SSSR count). The summed E-state index contributed by atoms with van der Waals surface area (Å²) in [6.45, 7) is 0.129. The van der Waals surface area contributed by atoms with Gasteiger partial charge in [0.1, 0.15) is 6.04 Å². The number of hydrogen-bond donors (Lipinski definition) is 4. The number of nitrogens with one attached hydrogen (secondary N) is 2. The van der Waals surface area contributed by atoms with Crippen LogP contribution in [0.5, 0.6) is 0 Å². The molecular formula is C21H24N2O6. The Bertz CT molecular complexity index is 812. The average molecular weight is 400 g/mol. The summed E-state index contributed by atoms with van der Waals surface area (Å²) in [6.07, 6.45) is -3.91. The van der Waals surface area contributed by atoms with Crippen LogP contribution in [0.15, 0.2) is 60.7 Å². The summed E-state index contributed by atoms with van der Waals surface area (Å²) in [5, 5.41) is 24.8. The van der Waals surface area contributed by atoms with Crippen molar-refractivity contribution in [3.8, 4) is 0 Å². The van der Waals surface area contributed by atoms with Crippen molar-refractivity contribution >= 4 is 17.8 Å². The van der Waals surface area contributed by atoms with Gasteiger partial charge >= 0.3 is 5.97 Å². The second kappa shape index (κ2) is 10.9. The Balaban J connectivity index is 1.94. The summed E-state index contributed by atoms with van der Waals surface area (Å²) < 4.78 is 4.68. The van der Waals surface area contributed by atoms with E-state index in [2.05, 4.69) is 15.4 Å². The van der Waals surface area contributed by atoms with Crippen LogP contribution in [0, 0.1) is 0 Å². The fourth-order valence-electron chi connectivity index (χ4n) is 2.62. The predicted octanol–water partition coefficient (Wildman–Crippen LogP) is -0.0749. The van der Waals surface area contributed by atoms with E-state index in [1.807, 2.05) is 12.1 Å². The molecule has 0 heterocycles. The van der Waals surface area contributed by atoms with Gasteiger partial charge in [0, 0.05) is 13.0 Å². The second-order valence-electron chi connectivity index (χ2n) is 6.37. The first-order valence-electron chi connectivity index (χ1n) is 9.02. The van der Waals surface area contributed by atoms with Crippen LogP contribution in [0.3, 0.4) is 0 Å². The molecule has 8 heteroatoms. The molecule has 0 aliphatic heterocycles. The number of methoxy groups -OCH3 is 1. The Kier molecular flexibility index (Phi) is 8.32. The van der Waals surface area contributed by atoms with E-state index in [0.717, 1.165) is 11.1 Å². The number of hydrogen-bond acceptors (Lipinski definition) is 6. The molecule has 2 amide bonds. The lowest BCUT2D eigenvalue weighted by molar-refractivity contribution is -0.150. The van der Waals surface area contributed by atoms with Crippen molar-refractivity contribution in [2.75, 3.05) is 7.11 Å². The number of amides is 2. The maximum Gasteiger partial charge on any atom is 0.328 e. The Labute approximate surface area is 168 Å². The minimum absolute atomic E-state index is 0.127. The van der Waals surface area contributed by atoms with Crippen LogP contribution in [0.4, 0.5) is 0 Å². The molecule has 0 radical (unpaired) electrons. The third-order valence-corrected chi connectivity index (χ3v) is 4.23. The highest BCUT2D eigenvalue weighted by atomic mass is 16.5. The van der Waals surface area contributed by atoms with Crippen molar-refractivity contribution in [1.82, 2.24) is 10.6 Å². The fourth-order valence-corrected chi connectivity index (χ4v) is 2.62. The maximum absolute atomic E-state index is 12.3. The molecule has 2 aromatic carbocycles. The van der Waals surface area contributed by atoms with Gasteiger partial charge in [-0.2, -0.15) is 0 Å². The van der Waals surface area contributed by atoms with Gasteiger partial charge in [0.2, 0.25) is 0 Å².